The Morgan fingerprint density at radius 1 is 1.13 bits per heavy atom. The summed E-state index contributed by atoms with van der Waals surface area (Å²) in [5, 5.41) is 3.47. The molecule has 1 N–H and O–H groups in total. The van der Waals surface area contributed by atoms with Crippen molar-refractivity contribution in [2.45, 2.75) is 31.6 Å². The van der Waals surface area contributed by atoms with Crippen LogP contribution in [0.25, 0.3) is 0 Å². The number of sulfone groups is 1. The largest absolute Gasteiger partial charge is 0.369 e. The molecule has 7 nitrogen and oxygen atoms in total. The van der Waals surface area contributed by atoms with E-state index in [-0.39, 0.29) is 29.7 Å². The maximum atomic E-state index is 12.3. The molecule has 0 saturated carbocycles. The van der Waals surface area contributed by atoms with Crippen LogP contribution in [0.2, 0.25) is 0 Å². The van der Waals surface area contributed by atoms with Crippen molar-refractivity contribution in [1.82, 2.24) is 15.1 Å². The van der Waals surface area contributed by atoms with Gasteiger partial charge in [0.25, 0.3) is 0 Å². The van der Waals surface area contributed by atoms with E-state index >= 15 is 0 Å². The third-order valence-corrected chi connectivity index (χ3v) is 8.70. The van der Waals surface area contributed by atoms with E-state index in [0.29, 0.717) is 19.1 Å². The minimum Gasteiger partial charge on any atom is -0.369 e. The molecule has 0 spiro atoms. The maximum absolute atomic E-state index is 12.3. The number of aliphatic imine (C=N–C) groups is 1. The maximum Gasteiger partial charge on any atom is 0.193 e. The van der Waals surface area contributed by atoms with Crippen molar-refractivity contribution in [3.05, 3.63) is 30.3 Å². The number of halogens is 1. The minimum atomic E-state index is -3.05. The average Bonchev–Trinajstić information content (AvgIpc) is 2.71. The topological polar surface area (TPSA) is 68.2 Å². The number of para-hydroxylation sites is 1. The highest BCUT2D eigenvalue weighted by atomic mass is 127. The van der Waals surface area contributed by atoms with Crippen LogP contribution in [0.1, 0.15) is 20.8 Å². The average molecular weight is 550 g/mol. The van der Waals surface area contributed by atoms with Crippen LogP contribution in [0.4, 0.5) is 5.69 Å². The number of nitrogens with one attached hydrogen (secondary N) is 1. The van der Waals surface area contributed by atoms with Crippen LogP contribution < -0.4 is 10.2 Å². The molecule has 0 radical (unpaired) electrons. The number of nitrogens with zero attached hydrogens (tertiary/aromatic N) is 4. The summed E-state index contributed by atoms with van der Waals surface area (Å²) in [5.74, 6) is 0.972. The van der Waals surface area contributed by atoms with E-state index in [9.17, 15) is 8.42 Å². The zero-order chi connectivity index (χ0) is 21.1. The lowest BCUT2D eigenvalue weighted by atomic mass is 10.2. The van der Waals surface area contributed by atoms with Crippen LogP contribution in [-0.4, -0.2) is 93.6 Å². The van der Waals surface area contributed by atoms with Crippen molar-refractivity contribution in [3.8, 4) is 0 Å². The van der Waals surface area contributed by atoms with E-state index in [1.54, 1.807) is 20.9 Å². The minimum absolute atomic E-state index is 0. The molecular weight excluding hydrogens is 513 g/mol. The molecule has 1 unspecified atom stereocenters. The molecule has 170 valence electrons. The Kier molecular flexibility index (Phi) is 8.81. The van der Waals surface area contributed by atoms with Gasteiger partial charge >= 0.3 is 0 Å². The molecule has 0 amide bonds. The summed E-state index contributed by atoms with van der Waals surface area (Å²) in [5.41, 5.74) is 1.29. The number of anilines is 1. The Bertz CT molecular complexity index is 808. The molecule has 1 atom stereocenters. The predicted octanol–water partition coefficient (Wildman–Crippen LogP) is 1.90. The number of hydrogen-bond donors (Lipinski definition) is 1. The van der Waals surface area contributed by atoms with Gasteiger partial charge in [-0.15, -0.1) is 24.0 Å². The fraction of sp³-hybridized carbons (Fsp3) is 0.667. The second kappa shape index (κ2) is 10.5. The third-order valence-electron chi connectivity index (χ3n) is 6.17. The van der Waals surface area contributed by atoms with E-state index in [4.69, 9.17) is 0 Å². The summed E-state index contributed by atoms with van der Waals surface area (Å²) in [6, 6.07) is 11.0. The molecule has 1 aromatic carbocycles. The van der Waals surface area contributed by atoms with Gasteiger partial charge in [-0.1, -0.05) is 18.2 Å². The standard InChI is InChI=1S/C21H35N5O2S.HI/c1-18(24-10-12-25(13-11-24)19-8-6-5-7-9-19)16-23-20(22-4)26-14-15-29(27,28)21(2,3)17-26;/h5-9,18H,10-17H2,1-4H3,(H,22,23);1H. The van der Waals surface area contributed by atoms with Crippen molar-refractivity contribution in [2.24, 2.45) is 4.99 Å². The second-order valence-electron chi connectivity index (χ2n) is 8.64. The molecule has 2 aliphatic heterocycles. The first-order valence-corrected chi connectivity index (χ1v) is 12.1. The summed E-state index contributed by atoms with van der Waals surface area (Å²) >= 11 is 0. The van der Waals surface area contributed by atoms with Crippen molar-refractivity contribution in [3.63, 3.8) is 0 Å². The number of benzene rings is 1. The fourth-order valence-corrected chi connectivity index (χ4v) is 5.45. The van der Waals surface area contributed by atoms with Gasteiger partial charge in [-0.2, -0.15) is 0 Å². The summed E-state index contributed by atoms with van der Waals surface area (Å²) in [7, 11) is -1.28. The molecule has 3 rings (SSSR count). The number of piperazine rings is 1. The van der Waals surface area contributed by atoms with Gasteiger partial charge < -0.3 is 15.1 Å². The quantitative estimate of drug-likeness (QED) is 0.352. The normalized spacial score (nSPS) is 22.9. The van der Waals surface area contributed by atoms with Crippen LogP contribution in [0.5, 0.6) is 0 Å². The van der Waals surface area contributed by atoms with Gasteiger partial charge in [0.2, 0.25) is 0 Å². The molecular formula is C21H36IN5O2S. The van der Waals surface area contributed by atoms with Gasteiger partial charge in [0.1, 0.15) is 0 Å². The van der Waals surface area contributed by atoms with Crippen LogP contribution in [-0.2, 0) is 9.84 Å². The molecule has 1 aromatic rings. The first-order valence-electron chi connectivity index (χ1n) is 10.5. The summed E-state index contributed by atoms with van der Waals surface area (Å²) in [6.45, 7) is 11.7. The Balaban J connectivity index is 0.00000320. The molecule has 9 heteroatoms. The highest BCUT2D eigenvalue weighted by Gasteiger charge is 2.41. The lowest BCUT2D eigenvalue weighted by Crippen LogP contribution is -2.58. The predicted molar refractivity (Wildman–Crippen MR) is 136 cm³/mol. The van der Waals surface area contributed by atoms with Crippen LogP contribution in [0.15, 0.2) is 35.3 Å². The van der Waals surface area contributed by atoms with Crippen molar-refractivity contribution in [1.29, 1.82) is 0 Å². The fourth-order valence-electron chi connectivity index (χ4n) is 4.08. The van der Waals surface area contributed by atoms with Gasteiger partial charge in [-0.05, 0) is 32.9 Å². The van der Waals surface area contributed by atoms with Gasteiger partial charge in [0.15, 0.2) is 15.8 Å². The molecule has 0 aromatic heterocycles. The van der Waals surface area contributed by atoms with E-state index in [1.807, 2.05) is 0 Å². The number of hydrogen-bond acceptors (Lipinski definition) is 5. The van der Waals surface area contributed by atoms with E-state index < -0.39 is 14.6 Å². The van der Waals surface area contributed by atoms with E-state index in [2.05, 4.69) is 62.3 Å². The second-order valence-corrected chi connectivity index (χ2v) is 11.4. The zero-order valence-electron chi connectivity index (χ0n) is 18.5. The lowest BCUT2D eigenvalue weighted by molar-refractivity contribution is 0.196. The first kappa shape index (κ1) is 25.2. The third kappa shape index (κ3) is 5.79. The Morgan fingerprint density at radius 3 is 2.33 bits per heavy atom. The van der Waals surface area contributed by atoms with Gasteiger partial charge in [-0.3, -0.25) is 9.89 Å². The Morgan fingerprint density at radius 2 is 1.77 bits per heavy atom. The monoisotopic (exact) mass is 549 g/mol. The molecule has 0 bridgehead atoms. The number of rotatable bonds is 4. The van der Waals surface area contributed by atoms with E-state index in [1.165, 1.54) is 5.69 Å². The highest BCUT2D eigenvalue weighted by Crippen LogP contribution is 2.23. The van der Waals surface area contributed by atoms with Crippen molar-refractivity contribution >= 4 is 45.5 Å². The summed E-state index contributed by atoms with van der Waals surface area (Å²) in [6.07, 6.45) is 0. The van der Waals surface area contributed by atoms with Crippen molar-refractivity contribution < 1.29 is 8.42 Å². The molecule has 0 aliphatic carbocycles. The molecule has 30 heavy (non-hydrogen) atoms. The van der Waals surface area contributed by atoms with Crippen LogP contribution in [0.3, 0.4) is 0 Å². The SMILES string of the molecule is CN=C(NCC(C)N1CCN(c2ccccc2)CC1)N1CCS(=O)(=O)C(C)(C)C1.I. The van der Waals surface area contributed by atoms with Crippen LogP contribution in [0, 0.1) is 0 Å². The molecule has 2 saturated heterocycles. The highest BCUT2D eigenvalue weighted by molar-refractivity contribution is 14.0. The van der Waals surface area contributed by atoms with E-state index in [0.717, 1.165) is 38.7 Å². The summed E-state index contributed by atoms with van der Waals surface area (Å²) < 4.78 is 23.8. The van der Waals surface area contributed by atoms with Gasteiger partial charge in [0.05, 0.1) is 10.5 Å². The Hall–Kier alpha value is -1.07. The smallest absolute Gasteiger partial charge is 0.193 e. The molecule has 2 aliphatic rings. The number of guanidine groups is 1. The van der Waals surface area contributed by atoms with Crippen LogP contribution >= 0.6 is 24.0 Å². The summed E-state index contributed by atoms with van der Waals surface area (Å²) in [4.78, 5) is 11.4. The molecule has 2 heterocycles. The lowest BCUT2D eigenvalue weighted by Gasteiger charge is -2.41. The first-order chi connectivity index (χ1) is 13.7. The van der Waals surface area contributed by atoms with Gasteiger partial charge in [-0.25, -0.2) is 8.42 Å². The zero-order valence-corrected chi connectivity index (χ0v) is 21.7. The van der Waals surface area contributed by atoms with Crippen molar-refractivity contribution in [2.75, 3.05) is 63.5 Å². The Labute approximate surface area is 198 Å². The molecule has 2 fully saturated rings. The van der Waals surface area contributed by atoms with Gasteiger partial charge in [0, 0.05) is 64.6 Å².